The largest absolute Gasteiger partial charge is 0.394 e. The van der Waals surface area contributed by atoms with Crippen LogP contribution >= 0.6 is 0 Å². The molecule has 8 N–H and O–H groups in total. The van der Waals surface area contributed by atoms with Crippen LogP contribution in [0.1, 0.15) is 39.5 Å². The molecule has 0 saturated carbocycles. The number of hydrogen-bond acceptors (Lipinski definition) is 11. The summed E-state index contributed by atoms with van der Waals surface area (Å²) in [6, 6.07) is 0. The fraction of sp³-hybridized carbons (Fsp3) is 1.00. The van der Waals surface area contributed by atoms with E-state index in [4.69, 9.17) is 19.3 Å². The van der Waals surface area contributed by atoms with Gasteiger partial charge in [-0.05, 0) is 0 Å². The molecule has 174 valence electrons. The molecule has 0 amide bonds. The first-order chi connectivity index (χ1) is 13.7. The zero-order chi connectivity index (χ0) is 22.1. The van der Waals surface area contributed by atoms with Crippen molar-refractivity contribution in [1.82, 2.24) is 0 Å². The van der Waals surface area contributed by atoms with Crippen molar-refractivity contribution in [2.45, 2.75) is 101 Å². The minimum absolute atomic E-state index is 0.667. The van der Waals surface area contributed by atoms with E-state index in [0.717, 1.165) is 0 Å². The second kappa shape index (κ2) is 13.1. The highest BCUT2D eigenvalue weighted by Crippen LogP contribution is 2.28. The first-order valence-electron chi connectivity index (χ1n) is 9.99. The van der Waals surface area contributed by atoms with E-state index < -0.39 is 74.6 Å². The highest BCUT2D eigenvalue weighted by Gasteiger charge is 2.50. The lowest BCUT2D eigenvalue weighted by Crippen LogP contribution is -2.64. The Morgan fingerprint density at radius 3 is 1.69 bits per heavy atom. The summed E-state index contributed by atoms with van der Waals surface area (Å²) < 4.78 is 15.3. The molecule has 0 spiro atoms. The van der Waals surface area contributed by atoms with Crippen LogP contribution in [0.25, 0.3) is 0 Å². The monoisotopic (exact) mass is 428 g/mol. The van der Waals surface area contributed by atoms with Gasteiger partial charge in [0.25, 0.3) is 0 Å². The second-order valence-corrected chi connectivity index (χ2v) is 7.23. The Morgan fingerprint density at radius 2 is 1.21 bits per heavy atom. The summed E-state index contributed by atoms with van der Waals surface area (Å²) >= 11 is 0. The van der Waals surface area contributed by atoms with E-state index in [-0.39, 0.29) is 0 Å². The van der Waals surface area contributed by atoms with E-state index in [1.807, 2.05) is 0 Å². The molecule has 11 heteroatoms. The maximum Gasteiger partial charge on any atom is 0.187 e. The van der Waals surface area contributed by atoms with Gasteiger partial charge in [0.15, 0.2) is 12.6 Å². The van der Waals surface area contributed by atoms with E-state index in [2.05, 4.69) is 13.8 Å². The topological polar surface area (TPSA) is 190 Å². The quantitative estimate of drug-likeness (QED) is 0.195. The molecule has 0 aliphatic carbocycles. The van der Waals surface area contributed by atoms with E-state index in [1.165, 1.54) is 25.7 Å². The number of ether oxygens (including phenoxy) is 3. The first kappa shape index (κ1) is 26.6. The Kier molecular flexibility index (Phi) is 12.0. The van der Waals surface area contributed by atoms with Crippen molar-refractivity contribution in [2.75, 3.05) is 13.2 Å². The lowest BCUT2D eigenvalue weighted by molar-refractivity contribution is -0.355. The van der Waals surface area contributed by atoms with Gasteiger partial charge in [0.2, 0.25) is 0 Å². The Morgan fingerprint density at radius 1 is 0.655 bits per heavy atom. The minimum Gasteiger partial charge on any atom is -0.394 e. The van der Waals surface area contributed by atoms with Crippen LogP contribution in [-0.4, -0.2) is 115 Å². The highest BCUT2D eigenvalue weighted by molar-refractivity contribution is 4.93. The van der Waals surface area contributed by atoms with Crippen LogP contribution in [0.4, 0.5) is 0 Å². The molecule has 2 aliphatic rings. The van der Waals surface area contributed by atoms with Crippen LogP contribution in [0.15, 0.2) is 0 Å². The van der Waals surface area contributed by atoms with E-state index in [0.29, 0.717) is 0 Å². The molecule has 0 aromatic carbocycles. The molecule has 0 unspecified atom stereocenters. The van der Waals surface area contributed by atoms with Crippen molar-refractivity contribution in [3.63, 3.8) is 0 Å². The molecule has 2 heterocycles. The van der Waals surface area contributed by atoms with Gasteiger partial charge in [0, 0.05) is 0 Å². The highest BCUT2D eigenvalue weighted by atomic mass is 16.7. The van der Waals surface area contributed by atoms with Crippen LogP contribution in [0.2, 0.25) is 0 Å². The summed E-state index contributed by atoms with van der Waals surface area (Å²) in [4.78, 5) is 0. The number of rotatable bonds is 7. The number of hydrogen-bond donors (Lipinski definition) is 8. The summed E-state index contributed by atoms with van der Waals surface area (Å²) in [6.07, 6.45) is -10.0. The Labute approximate surface area is 170 Å². The minimum atomic E-state index is -1.74. The van der Waals surface area contributed by atoms with Crippen molar-refractivity contribution in [3.05, 3.63) is 0 Å². The van der Waals surface area contributed by atoms with Crippen LogP contribution < -0.4 is 0 Å². The van der Waals surface area contributed by atoms with Crippen LogP contribution in [0.5, 0.6) is 0 Å². The molecule has 0 aromatic heterocycles. The van der Waals surface area contributed by atoms with Gasteiger partial charge in [0.1, 0.15) is 48.8 Å². The van der Waals surface area contributed by atoms with Crippen molar-refractivity contribution in [2.24, 2.45) is 0 Å². The molecular weight excluding hydrogens is 392 g/mol. The molecule has 10 atom stereocenters. The van der Waals surface area contributed by atoms with Crippen LogP contribution in [0.3, 0.4) is 0 Å². The molecule has 0 bridgehead atoms. The molecule has 2 rings (SSSR count). The summed E-state index contributed by atoms with van der Waals surface area (Å²) in [7, 11) is 0. The van der Waals surface area contributed by atoms with Crippen molar-refractivity contribution in [3.8, 4) is 0 Å². The van der Waals surface area contributed by atoms with E-state index >= 15 is 0 Å². The summed E-state index contributed by atoms with van der Waals surface area (Å²) in [5.74, 6) is 0. The van der Waals surface area contributed by atoms with Gasteiger partial charge < -0.3 is 55.1 Å². The van der Waals surface area contributed by atoms with Crippen LogP contribution in [0, 0.1) is 0 Å². The molecule has 2 fully saturated rings. The Bertz CT molecular complexity index is 432. The number of unbranched alkanes of at least 4 members (excludes halogenated alkanes) is 3. The average molecular weight is 428 g/mol. The van der Waals surface area contributed by atoms with Gasteiger partial charge in [0.05, 0.1) is 13.2 Å². The molecule has 0 aromatic rings. The molecule has 29 heavy (non-hydrogen) atoms. The van der Waals surface area contributed by atoms with Gasteiger partial charge >= 0.3 is 0 Å². The predicted octanol–water partition coefficient (Wildman–Crippen LogP) is -2.81. The molecule has 2 saturated heterocycles. The van der Waals surface area contributed by atoms with Gasteiger partial charge in [-0.2, -0.15) is 0 Å². The molecule has 0 radical (unpaired) electrons. The van der Waals surface area contributed by atoms with Gasteiger partial charge in [-0.25, -0.2) is 0 Å². The Hall–Kier alpha value is -0.440. The van der Waals surface area contributed by atoms with Crippen molar-refractivity contribution < 1.29 is 55.1 Å². The third-order valence-electron chi connectivity index (χ3n) is 4.94. The zero-order valence-electron chi connectivity index (χ0n) is 16.8. The van der Waals surface area contributed by atoms with Gasteiger partial charge in [-0.15, -0.1) is 0 Å². The fourth-order valence-electron chi connectivity index (χ4n) is 3.07. The number of aliphatic hydroxyl groups is 8. The second-order valence-electron chi connectivity index (χ2n) is 7.23. The lowest BCUT2D eigenvalue weighted by atomic mass is 9.97. The predicted molar refractivity (Wildman–Crippen MR) is 98.4 cm³/mol. The summed E-state index contributed by atoms with van der Waals surface area (Å²) in [5, 5.41) is 76.5. The SMILES string of the molecule is CCCCCC.OC[C@H]1O[C@@H](O[C@H]2[C@H](O)[C@@H](O)[C@H](O)O[C@@H]2CO)[C@H](O)[C@@H](O)[C@@H]1O. The molecule has 2 aliphatic heterocycles. The fourth-order valence-corrected chi connectivity index (χ4v) is 3.07. The van der Waals surface area contributed by atoms with Gasteiger partial charge in [-0.1, -0.05) is 39.5 Å². The maximum atomic E-state index is 9.94. The lowest BCUT2D eigenvalue weighted by Gasteiger charge is -2.45. The average Bonchev–Trinajstić information content (AvgIpc) is 2.72. The Balaban J connectivity index is 0.000000612. The van der Waals surface area contributed by atoms with E-state index in [9.17, 15) is 35.7 Å². The first-order valence-corrected chi connectivity index (χ1v) is 9.99. The maximum absolute atomic E-state index is 9.94. The molecule has 11 nitrogen and oxygen atoms in total. The van der Waals surface area contributed by atoms with Gasteiger partial charge in [-0.3, -0.25) is 0 Å². The zero-order valence-corrected chi connectivity index (χ0v) is 16.8. The smallest absolute Gasteiger partial charge is 0.187 e. The third-order valence-corrected chi connectivity index (χ3v) is 4.94. The van der Waals surface area contributed by atoms with Crippen molar-refractivity contribution >= 4 is 0 Å². The standard InChI is InChI=1S/C12H22O11.C6H14/c13-1-3-5(15)6(16)9(19)12(22-3)23-10-4(2-14)21-11(20)8(18)7(10)17;1-3-5-6-4-2/h3-20H,1-2H2;3-6H2,1-2H3/t3-,4-,5-,6+,7-,8-,9-,10-,11-,12+;/m1./s1. The number of aliphatic hydroxyl groups excluding tert-OH is 8. The van der Waals surface area contributed by atoms with Crippen LogP contribution in [-0.2, 0) is 14.2 Å². The van der Waals surface area contributed by atoms with E-state index in [1.54, 1.807) is 0 Å². The summed E-state index contributed by atoms with van der Waals surface area (Å²) in [6.45, 7) is 3.12. The van der Waals surface area contributed by atoms with Crippen molar-refractivity contribution in [1.29, 1.82) is 0 Å². The molecular formula is C18H36O11. The normalized spacial score (nSPS) is 42.8. The summed E-state index contributed by atoms with van der Waals surface area (Å²) in [5.41, 5.74) is 0. The third kappa shape index (κ3) is 7.04.